The number of aliphatic hydroxyl groups excluding tert-OH is 1. The van der Waals surface area contributed by atoms with Gasteiger partial charge >= 0.3 is 0 Å². The van der Waals surface area contributed by atoms with Crippen molar-refractivity contribution in [2.75, 3.05) is 13.6 Å². The van der Waals surface area contributed by atoms with E-state index in [2.05, 4.69) is 15.9 Å². The topological polar surface area (TPSA) is 40.5 Å². The van der Waals surface area contributed by atoms with Crippen molar-refractivity contribution in [1.82, 2.24) is 4.90 Å². The van der Waals surface area contributed by atoms with Gasteiger partial charge < -0.3 is 10.0 Å². The summed E-state index contributed by atoms with van der Waals surface area (Å²) in [6, 6.07) is 7.79. The van der Waals surface area contributed by atoms with Gasteiger partial charge in [0.15, 0.2) is 0 Å². The molecular formula is C14H20BrNO2. The molecule has 18 heavy (non-hydrogen) atoms. The predicted octanol–water partition coefficient (Wildman–Crippen LogP) is 2.78. The number of carbonyl (C=O) groups excluding carboxylic acids is 1. The maximum Gasteiger partial charge on any atom is 0.229 e. The molecular weight excluding hydrogens is 294 g/mol. The van der Waals surface area contributed by atoms with Crippen LogP contribution in [0.25, 0.3) is 0 Å². The van der Waals surface area contributed by atoms with Crippen molar-refractivity contribution >= 4 is 21.8 Å². The van der Waals surface area contributed by atoms with Crippen molar-refractivity contribution < 1.29 is 9.90 Å². The highest BCUT2D eigenvalue weighted by atomic mass is 79.9. The predicted molar refractivity (Wildman–Crippen MR) is 76.5 cm³/mol. The molecule has 2 atom stereocenters. The van der Waals surface area contributed by atoms with E-state index < -0.39 is 0 Å². The third kappa shape index (κ3) is 4.42. The summed E-state index contributed by atoms with van der Waals surface area (Å²) in [5, 5.41) is 9.23. The summed E-state index contributed by atoms with van der Waals surface area (Å²) in [6.45, 7) is 4.22. The van der Waals surface area contributed by atoms with Gasteiger partial charge in [-0.3, -0.25) is 4.79 Å². The minimum atomic E-state index is -0.372. The molecule has 4 heteroatoms. The Morgan fingerprint density at radius 3 is 2.39 bits per heavy atom. The quantitative estimate of drug-likeness (QED) is 0.908. The number of rotatable bonds is 5. The number of aliphatic hydroxyl groups is 1. The monoisotopic (exact) mass is 313 g/mol. The number of hydrogen-bond donors (Lipinski definition) is 1. The molecule has 0 saturated carbocycles. The average molecular weight is 314 g/mol. The van der Waals surface area contributed by atoms with E-state index in [0.717, 1.165) is 10.0 Å². The Labute approximate surface area is 117 Å². The van der Waals surface area contributed by atoms with Gasteiger partial charge in [0.1, 0.15) is 0 Å². The first-order valence-electron chi connectivity index (χ1n) is 6.10. The lowest BCUT2D eigenvalue weighted by Crippen LogP contribution is -2.32. The second-order valence-electron chi connectivity index (χ2n) is 4.67. The molecule has 0 bridgehead atoms. The molecule has 0 fully saturated rings. The molecule has 100 valence electrons. The molecule has 1 aromatic carbocycles. The molecule has 1 aromatic rings. The summed E-state index contributed by atoms with van der Waals surface area (Å²) < 4.78 is 1.01. The number of hydrogen-bond acceptors (Lipinski definition) is 2. The van der Waals surface area contributed by atoms with Gasteiger partial charge in [0.05, 0.1) is 12.0 Å². The molecule has 0 aliphatic rings. The number of amides is 1. The third-order valence-corrected chi connectivity index (χ3v) is 3.53. The maximum absolute atomic E-state index is 12.2. The van der Waals surface area contributed by atoms with Crippen LogP contribution in [0.1, 0.15) is 31.7 Å². The second-order valence-corrected chi connectivity index (χ2v) is 5.59. The molecule has 0 radical (unpaired) electrons. The molecule has 0 spiro atoms. The van der Waals surface area contributed by atoms with Crippen LogP contribution in [0.3, 0.4) is 0 Å². The first-order valence-corrected chi connectivity index (χ1v) is 6.89. The molecule has 1 amide bonds. The van der Waals surface area contributed by atoms with E-state index in [1.54, 1.807) is 18.9 Å². The molecule has 0 saturated heterocycles. The van der Waals surface area contributed by atoms with E-state index in [0.29, 0.717) is 13.0 Å². The van der Waals surface area contributed by atoms with Crippen LogP contribution in [0.15, 0.2) is 28.7 Å². The number of halogens is 1. The van der Waals surface area contributed by atoms with Crippen LogP contribution in [-0.2, 0) is 4.79 Å². The van der Waals surface area contributed by atoms with E-state index in [4.69, 9.17) is 0 Å². The normalized spacial score (nSPS) is 14.1. The van der Waals surface area contributed by atoms with Gasteiger partial charge in [-0.1, -0.05) is 28.1 Å². The van der Waals surface area contributed by atoms with E-state index in [1.807, 2.05) is 31.2 Å². The zero-order valence-electron chi connectivity index (χ0n) is 11.1. The summed E-state index contributed by atoms with van der Waals surface area (Å²) in [7, 11) is 1.78. The summed E-state index contributed by atoms with van der Waals surface area (Å²) >= 11 is 3.38. The largest absolute Gasteiger partial charge is 0.393 e. The number of nitrogens with zero attached hydrogens (tertiary/aromatic N) is 1. The molecule has 0 aromatic heterocycles. The van der Waals surface area contributed by atoms with Crippen LogP contribution in [-0.4, -0.2) is 35.6 Å². The van der Waals surface area contributed by atoms with Crippen molar-refractivity contribution in [1.29, 1.82) is 0 Å². The first kappa shape index (κ1) is 15.2. The first-order chi connectivity index (χ1) is 8.41. The Bertz CT molecular complexity index is 389. The fourth-order valence-corrected chi connectivity index (χ4v) is 1.98. The highest BCUT2D eigenvalue weighted by Crippen LogP contribution is 2.20. The van der Waals surface area contributed by atoms with E-state index in [1.165, 1.54) is 0 Å². The van der Waals surface area contributed by atoms with Crippen molar-refractivity contribution in [2.45, 2.75) is 32.3 Å². The van der Waals surface area contributed by atoms with Crippen LogP contribution in [0, 0.1) is 0 Å². The van der Waals surface area contributed by atoms with Gasteiger partial charge in [0.25, 0.3) is 0 Å². The highest BCUT2D eigenvalue weighted by Gasteiger charge is 2.19. The molecule has 2 unspecified atom stereocenters. The molecule has 0 heterocycles. The van der Waals surface area contributed by atoms with Gasteiger partial charge in [0.2, 0.25) is 5.91 Å². The Morgan fingerprint density at radius 1 is 1.33 bits per heavy atom. The van der Waals surface area contributed by atoms with Crippen molar-refractivity contribution in [2.24, 2.45) is 0 Å². The molecule has 1 rings (SSSR count). The zero-order chi connectivity index (χ0) is 13.7. The van der Waals surface area contributed by atoms with Gasteiger partial charge in [-0.25, -0.2) is 0 Å². The Balaban J connectivity index is 2.62. The average Bonchev–Trinajstić information content (AvgIpc) is 2.35. The highest BCUT2D eigenvalue weighted by molar-refractivity contribution is 9.10. The summed E-state index contributed by atoms with van der Waals surface area (Å²) in [5.41, 5.74) is 1.01. The molecule has 0 aliphatic heterocycles. The van der Waals surface area contributed by atoms with Crippen LogP contribution in [0.2, 0.25) is 0 Å². The van der Waals surface area contributed by atoms with Crippen molar-refractivity contribution in [3.63, 3.8) is 0 Å². The lowest BCUT2D eigenvalue weighted by Gasteiger charge is -2.22. The Morgan fingerprint density at radius 2 is 1.89 bits per heavy atom. The third-order valence-electron chi connectivity index (χ3n) is 3.00. The summed E-state index contributed by atoms with van der Waals surface area (Å²) in [5.74, 6) is -0.0740. The molecule has 0 aliphatic carbocycles. The lowest BCUT2D eigenvalue weighted by atomic mass is 10.00. The maximum atomic E-state index is 12.2. The Hall–Kier alpha value is -0.870. The van der Waals surface area contributed by atoms with Gasteiger partial charge in [0, 0.05) is 18.1 Å². The van der Waals surface area contributed by atoms with Gasteiger partial charge in [-0.05, 0) is 38.0 Å². The Kier molecular flexibility index (Phi) is 5.82. The minimum Gasteiger partial charge on any atom is -0.393 e. The number of benzene rings is 1. The van der Waals surface area contributed by atoms with Crippen LogP contribution < -0.4 is 0 Å². The second kappa shape index (κ2) is 6.90. The molecule has 3 nitrogen and oxygen atoms in total. The van der Waals surface area contributed by atoms with E-state index in [9.17, 15) is 9.90 Å². The number of likely N-dealkylation sites (N-methyl/N-ethyl adjacent to an activating group) is 1. The van der Waals surface area contributed by atoms with E-state index in [-0.39, 0.29) is 17.9 Å². The summed E-state index contributed by atoms with van der Waals surface area (Å²) in [6.07, 6.45) is 0.234. The van der Waals surface area contributed by atoms with E-state index >= 15 is 0 Å². The lowest BCUT2D eigenvalue weighted by molar-refractivity contribution is -0.131. The standard InChI is InChI=1S/C14H20BrNO2/c1-10(17)8-9-16(3)14(18)11(2)12-4-6-13(15)7-5-12/h4-7,10-11,17H,8-9H2,1-3H3. The van der Waals surface area contributed by atoms with Crippen LogP contribution in [0.4, 0.5) is 0 Å². The van der Waals surface area contributed by atoms with Crippen LogP contribution >= 0.6 is 15.9 Å². The fraction of sp³-hybridized carbons (Fsp3) is 0.500. The van der Waals surface area contributed by atoms with Crippen LogP contribution in [0.5, 0.6) is 0 Å². The van der Waals surface area contributed by atoms with Crippen molar-refractivity contribution in [3.05, 3.63) is 34.3 Å². The summed E-state index contributed by atoms with van der Waals surface area (Å²) in [4.78, 5) is 13.9. The van der Waals surface area contributed by atoms with Crippen molar-refractivity contribution in [3.8, 4) is 0 Å². The zero-order valence-corrected chi connectivity index (χ0v) is 12.6. The SMILES string of the molecule is CC(O)CCN(C)C(=O)C(C)c1ccc(Br)cc1. The van der Waals surface area contributed by atoms with Gasteiger partial charge in [-0.15, -0.1) is 0 Å². The molecule has 1 N–H and O–H groups in total. The smallest absolute Gasteiger partial charge is 0.229 e. The minimum absolute atomic E-state index is 0.0815. The fourth-order valence-electron chi connectivity index (χ4n) is 1.72. The number of carbonyl (C=O) groups is 1. The van der Waals surface area contributed by atoms with Gasteiger partial charge in [-0.2, -0.15) is 0 Å².